The van der Waals surface area contributed by atoms with Crippen LogP contribution in [0.5, 0.6) is 0 Å². The van der Waals surface area contributed by atoms with Gasteiger partial charge in [-0.3, -0.25) is 9.59 Å². The Morgan fingerprint density at radius 2 is 1.83 bits per heavy atom. The SMILES string of the molecule is Cc1ccc(NCC(=O)Nc2ccc(C(=O)N3CCCC3C(=O)O)cc2)c(C)c1. The lowest BCUT2D eigenvalue weighted by molar-refractivity contribution is -0.141. The van der Waals surface area contributed by atoms with Gasteiger partial charge in [-0.15, -0.1) is 0 Å². The summed E-state index contributed by atoms with van der Waals surface area (Å²) < 4.78 is 0. The zero-order valence-corrected chi connectivity index (χ0v) is 16.6. The van der Waals surface area contributed by atoms with E-state index >= 15 is 0 Å². The summed E-state index contributed by atoms with van der Waals surface area (Å²) >= 11 is 0. The Hall–Kier alpha value is -3.35. The molecule has 1 unspecified atom stereocenters. The van der Waals surface area contributed by atoms with E-state index in [4.69, 9.17) is 0 Å². The lowest BCUT2D eigenvalue weighted by Crippen LogP contribution is -2.40. The minimum Gasteiger partial charge on any atom is -0.480 e. The van der Waals surface area contributed by atoms with Crippen LogP contribution in [0.2, 0.25) is 0 Å². The van der Waals surface area contributed by atoms with E-state index in [2.05, 4.69) is 10.6 Å². The first-order valence-corrected chi connectivity index (χ1v) is 9.60. The Balaban J connectivity index is 1.56. The number of likely N-dealkylation sites (tertiary alicyclic amines) is 1. The topological polar surface area (TPSA) is 98.7 Å². The molecule has 3 N–H and O–H groups in total. The third-order valence-electron chi connectivity index (χ3n) is 5.04. The molecular weight excluding hydrogens is 370 g/mol. The number of nitrogens with zero attached hydrogens (tertiary/aromatic N) is 1. The van der Waals surface area contributed by atoms with Gasteiger partial charge in [0.1, 0.15) is 6.04 Å². The molecule has 1 saturated heterocycles. The highest BCUT2D eigenvalue weighted by Gasteiger charge is 2.34. The summed E-state index contributed by atoms with van der Waals surface area (Å²) in [6.45, 7) is 4.57. The van der Waals surface area contributed by atoms with Gasteiger partial charge in [0, 0.05) is 23.5 Å². The molecule has 29 heavy (non-hydrogen) atoms. The zero-order valence-electron chi connectivity index (χ0n) is 16.6. The van der Waals surface area contributed by atoms with Crippen molar-refractivity contribution >= 4 is 29.2 Å². The molecule has 0 aliphatic carbocycles. The van der Waals surface area contributed by atoms with E-state index < -0.39 is 12.0 Å². The number of amides is 2. The van der Waals surface area contributed by atoms with Crippen LogP contribution in [-0.2, 0) is 9.59 Å². The quantitative estimate of drug-likeness (QED) is 0.698. The number of carbonyl (C=O) groups is 3. The number of rotatable bonds is 6. The summed E-state index contributed by atoms with van der Waals surface area (Å²) in [6, 6.07) is 11.7. The predicted octanol–water partition coefficient (Wildman–Crippen LogP) is 3.04. The highest BCUT2D eigenvalue weighted by molar-refractivity contribution is 5.98. The highest BCUT2D eigenvalue weighted by Crippen LogP contribution is 2.21. The number of aliphatic carboxylic acids is 1. The van der Waals surface area contributed by atoms with Crippen molar-refractivity contribution < 1.29 is 19.5 Å². The zero-order chi connectivity index (χ0) is 21.0. The lowest BCUT2D eigenvalue weighted by atomic mass is 10.1. The minimum atomic E-state index is -0.976. The van der Waals surface area contributed by atoms with E-state index in [-0.39, 0.29) is 18.4 Å². The number of hydrogen-bond donors (Lipinski definition) is 3. The van der Waals surface area contributed by atoms with Crippen LogP contribution in [0.15, 0.2) is 42.5 Å². The second-order valence-corrected chi connectivity index (χ2v) is 7.29. The summed E-state index contributed by atoms with van der Waals surface area (Å²) in [5, 5.41) is 15.1. The van der Waals surface area contributed by atoms with Gasteiger partial charge in [0.25, 0.3) is 5.91 Å². The smallest absolute Gasteiger partial charge is 0.326 e. The van der Waals surface area contributed by atoms with Gasteiger partial charge in [-0.25, -0.2) is 4.79 Å². The summed E-state index contributed by atoms with van der Waals surface area (Å²) in [7, 11) is 0. The fourth-order valence-electron chi connectivity index (χ4n) is 3.52. The van der Waals surface area contributed by atoms with Gasteiger partial charge in [-0.2, -0.15) is 0 Å². The largest absolute Gasteiger partial charge is 0.480 e. The number of carbonyl (C=O) groups excluding carboxylic acids is 2. The van der Waals surface area contributed by atoms with Crippen LogP contribution in [0.3, 0.4) is 0 Å². The number of carboxylic acids is 1. The van der Waals surface area contributed by atoms with Crippen molar-refractivity contribution in [2.75, 3.05) is 23.7 Å². The van der Waals surface area contributed by atoms with E-state index in [1.54, 1.807) is 24.3 Å². The van der Waals surface area contributed by atoms with Crippen molar-refractivity contribution in [2.24, 2.45) is 0 Å². The van der Waals surface area contributed by atoms with Crippen molar-refractivity contribution in [2.45, 2.75) is 32.7 Å². The number of aryl methyl sites for hydroxylation is 2. The van der Waals surface area contributed by atoms with Crippen molar-refractivity contribution in [3.05, 3.63) is 59.2 Å². The molecule has 2 aromatic carbocycles. The maximum absolute atomic E-state index is 12.6. The van der Waals surface area contributed by atoms with Crippen LogP contribution in [0.4, 0.5) is 11.4 Å². The number of benzene rings is 2. The number of nitrogens with one attached hydrogen (secondary N) is 2. The first-order chi connectivity index (χ1) is 13.8. The number of anilines is 2. The third-order valence-corrected chi connectivity index (χ3v) is 5.04. The fourth-order valence-corrected chi connectivity index (χ4v) is 3.52. The number of carboxylic acid groups (broad SMARTS) is 1. The monoisotopic (exact) mass is 395 g/mol. The molecule has 0 aromatic heterocycles. The Morgan fingerprint density at radius 3 is 2.48 bits per heavy atom. The Morgan fingerprint density at radius 1 is 1.10 bits per heavy atom. The Labute approximate surface area is 169 Å². The van der Waals surface area contributed by atoms with Gasteiger partial charge in [0.2, 0.25) is 5.91 Å². The third kappa shape index (κ3) is 4.93. The summed E-state index contributed by atoms with van der Waals surface area (Å²) in [6.07, 6.45) is 1.16. The molecule has 1 aliphatic heterocycles. The van der Waals surface area contributed by atoms with Crippen molar-refractivity contribution in [1.29, 1.82) is 0 Å². The van der Waals surface area contributed by atoms with Crippen molar-refractivity contribution in [1.82, 2.24) is 4.90 Å². The first-order valence-electron chi connectivity index (χ1n) is 9.60. The van der Waals surface area contributed by atoms with Gasteiger partial charge in [0.15, 0.2) is 0 Å². The molecule has 1 fully saturated rings. The average molecular weight is 395 g/mol. The molecule has 1 heterocycles. The molecule has 7 nitrogen and oxygen atoms in total. The van der Waals surface area contributed by atoms with Crippen LogP contribution >= 0.6 is 0 Å². The maximum atomic E-state index is 12.6. The minimum absolute atomic E-state index is 0.124. The first kappa shape index (κ1) is 20.4. The predicted molar refractivity (Wildman–Crippen MR) is 111 cm³/mol. The van der Waals surface area contributed by atoms with E-state index in [0.29, 0.717) is 30.6 Å². The summed E-state index contributed by atoms with van der Waals surface area (Å²) in [4.78, 5) is 37.4. The van der Waals surface area contributed by atoms with Crippen molar-refractivity contribution in [3.8, 4) is 0 Å². The average Bonchev–Trinajstić information content (AvgIpc) is 3.17. The van der Waals surface area contributed by atoms with Crippen LogP contribution in [0.1, 0.15) is 34.3 Å². The maximum Gasteiger partial charge on any atom is 0.326 e. The molecule has 0 bridgehead atoms. The summed E-state index contributed by atoms with van der Waals surface area (Å²) in [5.74, 6) is -1.48. The second kappa shape index (κ2) is 8.77. The second-order valence-electron chi connectivity index (χ2n) is 7.29. The van der Waals surface area contributed by atoms with Gasteiger partial charge < -0.3 is 20.6 Å². The molecule has 0 spiro atoms. The Kier molecular flexibility index (Phi) is 6.16. The molecule has 3 rings (SSSR count). The summed E-state index contributed by atoms with van der Waals surface area (Å²) in [5.41, 5.74) is 4.12. The Bertz CT molecular complexity index is 924. The normalized spacial score (nSPS) is 15.8. The molecule has 1 atom stereocenters. The molecule has 0 radical (unpaired) electrons. The van der Waals surface area contributed by atoms with Crippen molar-refractivity contribution in [3.63, 3.8) is 0 Å². The van der Waals surface area contributed by atoms with Crippen LogP contribution < -0.4 is 10.6 Å². The molecule has 7 heteroatoms. The highest BCUT2D eigenvalue weighted by atomic mass is 16.4. The molecule has 0 saturated carbocycles. The van der Waals surface area contributed by atoms with E-state index in [0.717, 1.165) is 16.8 Å². The van der Waals surface area contributed by atoms with Crippen LogP contribution in [-0.4, -0.2) is 46.9 Å². The molecular formula is C22H25N3O4. The van der Waals surface area contributed by atoms with Crippen LogP contribution in [0, 0.1) is 13.8 Å². The van der Waals surface area contributed by atoms with Crippen LogP contribution in [0.25, 0.3) is 0 Å². The van der Waals surface area contributed by atoms with Gasteiger partial charge >= 0.3 is 5.97 Å². The van der Waals surface area contributed by atoms with E-state index in [9.17, 15) is 19.5 Å². The standard InChI is InChI=1S/C22H25N3O4/c1-14-5-10-18(15(2)12-14)23-13-20(26)24-17-8-6-16(7-9-17)21(27)25-11-3-4-19(25)22(28)29/h5-10,12,19,23H,3-4,11,13H2,1-2H3,(H,24,26)(H,28,29). The fraction of sp³-hybridized carbons (Fsp3) is 0.318. The van der Waals surface area contributed by atoms with E-state index in [1.807, 2.05) is 32.0 Å². The molecule has 152 valence electrons. The van der Waals surface area contributed by atoms with Gasteiger partial charge in [-0.05, 0) is 62.6 Å². The van der Waals surface area contributed by atoms with Gasteiger partial charge in [-0.1, -0.05) is 17.7 Å². The molecule has 1 aliphatic rings. The lowest BCUT2D eigenvalue weighted by Gasteiger charge is -2.21. The molecule has 2 amide bonds. The number of hydrogen-bond acceptors (Lipinski definition) is 4. The molecule has 2 aromatic rings. The van der Waals surface area contributed by atoms with E-state index in [1.165, 1.54) is 4.90 Å². The van der Waals surface area contributed by atoms with Gasteiger partial charge in [0.05, 0.1) is 6.54 Å².